The van der Waals surface area contributed by atoms with Gasteiger partial charge in [-0.1, -0.05) is 66.7 Å². The largest absolute Gasteiger partial charge is 0.484 e. The van der Waals surface area contributed by atoms with Crippen molar-refractivity contribution in [2.75, 3.05) is 19.6 Å². The van der Waals surface area contributed by atoms with E-state index in [1.54, 1.807) is 12.3 Å². The number of hydrogen-bond acceptors (Lipinski definition) is 5. The fraction of sp³-hybridized carbons (Fsp3) is 0.290. The highest BCUT2D eigenvalue weighted by Crippen LogP contribution is 2.39. The number of oxazole rings is 1. The van der Waals surface area contributed by atoms with E-state index in [4.69, 9.17) is 9.15 Å². The first-order valence-electron chi connectivity index (χ1n) is 12.9. The summed E-state index contributed by atoms with van der Waals surface area (Å²) in [5.74, 6) is 2.34. The lowest BCUT2D eigenvalue weighted by Crippen LogP contribution is -2.64. The van der Waals surface area contributed by atoms with E-state index in [0.29, 0.717) is 29.2 Å². The van der Waals surface area contributed by atoms with Crippen molar-refractivity contribution in [1.29, 1.82) is 5.26 Å². The van der Waals surface area contributed by atoms with Crippen LogP contribution < -0.4 is 4.74 Å². The second kappa shape index (κ2) is 9.51. The number of nitriles is 1. The normalized spacial score (nSPS) is 22.9. The summed E-state index contributed by atoms with van der Waals surface area (Å²) in [6.45, 7) is 3.73. The molecule has 186 valence electrons. The fourth-order valence-corrected chi connectivity index (χ4v) is 6.04. The number of aliphatic hydroxyl groups is 1. The highest BCUT2D eigenvalue weighted by Gasteiger charge is 2.48. The molecular weight excluding hydrogens is 462 g/mol. The molecule has 3 aliphatic heterocycles. The summed E-state index contributed by atoms with van der Waals surface area (Å²) in [7, 11) is 0. The van der Waals surface area contributed by atoms with E-state index in [2.05, 4.69) is 11.1 Å². The van der Waals surface area contributed by atoms with Gasteiger partial charge >= 0.3 is 0 Å². The zero-order valence-corrected chi connectivity index (χ0v) is 20.7. The minimum absolute atomic E-state index is 0.101. The topological polar surface area (TPSA) is 79.3 Å². The van der Waals surface area contributed by atoms with Crippen LogP contribution in [0.1, 0.15) is 41.2 Å². The number of nitrogens with zero attached hydrogens (tertiary/aromatic N) is 3. The van der Waals surface area contributed by atoms with Crippen molar-refractivity contribution in [2.24, 2.45) is 5.92 Å². The molecular formula is C31H30N3O3+. The number of hydrogen-bond donors (Lipinski definition) is 1. The van der Waals surface area contributed by atoms with Gasteiger partial charge in [0.2, 0.25) is 5.89 Å². The molecule has 0 saturated carbocycles. The van der Waals surface area contributed by atoms with E-state index in [-0.39, 0.29) is 12.0 Å². The van der Waals surface area contributed by atoms with Crippen LogP contribution in [0.2, 0.25) is 0 Å². The summed E-state index contributed by atoms with van der Waals surface area (Å²) in [4.78, 5) is 4.60. The van der Waals surface area contributed by atoms with Crippen molar-refractivity contribution < 1.29 is 18.7 Å². The Bertz CT molecular complexity index is 1360. The average Bonchev–Trinajstić information content (AvgIpc) is 3.42. The summed E-state index contributed by atoms with van der Waals surface area (Å²) in [6, 6.07) is 28.7. The first-order valence-corrected chi connectivity index (χ1v) is 12.9. The molecule has 0 spiro atoms. The van der Waals surface area contributed by atoms with Gasteiger partial charge in [0.05, 0.1) is 30.9 Å². The molecule has 7 rings (SSSR count). The van der Waals surface area contributed by atoms with Crippen LogP contribution in [0, 0.1) is 17.2 Å². The van der Waals surface area contributed by atoms with E-state index >= 15 is 0 Å². The van der Waals surface area contributed by atoms with Crippen molar-refractivity contribution in [3.05, 3.63) is 119 Å². The number of rotatable bonds is 7. The predicted molar refractivity (Wildman–Crippen MR) is 138 cm³/mol. The molecule has 6 nitrogen and oxygen atoms in total. The highest BCUT2D eigenvalue weighted by atomic mass is 16.5. The number of benzene rings is 3. The Morgan fingerprint density at radius 2 is 1.65 bits per heavy atom. The van der Waals surface area contributed by atoms with Gasteiger partial charge in [0, 0.05) is 18.8 Å². The van der Waals surface area contributed by atoms with Gasteiger partial charge in [-0.2, -0.15) is 5.26 Å². The number of fused-ring (bicyclic) bond motifs is 3. The van der Waals surface area contributed by atoms with Crippen molar-refractivity contribution in [3.63, 3.8) is 0 Å². The second-order valence-electron chi connectivity index (χ2n) is 10.3. The Hall–Kier alpha value is -3.92. The maximum absolute atomic E-state index is 12.0. The average molecular weight is 493 g/mol. The van der Waals surface area contributed by atoms with Gasteiger partial charge in [-0.25, -0.2) is 4.98 Å². The highest BCUT2D eigenvalue weighted by molar-refractivity contribution is 5.41. The Labute approximate surface area is 217 Å². The molecule has 6 heteroatoms. The second-order valence-corrected chi connectivity index (χ2v) is 10.3. The Balaban J connectivity index is 1.26. The molecule has 0 aliphatic carbocycles. The molecule has 2 bridgehead atoms. The molecule has 0 radical (unpaired) electrons. The van der Waals surface area contributed by atoms with Gasteiger partial charge in [-0.15, -0.1) is 0 Å². The molecule has 1 N–H and O–H groups in total. The van der Waals surface area contributed by atoms with Crippen molar-refractivity contribution in [3.8, 4) is 11.8 Å². The van der Waals surface area contributed by atoms with Crippen LogP contribution in [-0.2, 0) is 12.1 Å². The molecule has 4 aromatic rings. The van der Waals surface area contributed by atoms with Crippen molar-refractivity contribution in [2.45, 2.75) is 31.1 Å². The molecule has 3 aliphatic rings. The monoisotopic (exact) mass is 492 g/mol. The van der Waals surface area contributed by atoms with Crippen LogP contribution in [0.25, 0.3) is 0 Å². The summed E-state index contributed by atoms with van der Waals surface area (Å²) in [6.07, 6.45) is 4.07. The summed E-state index contributed by atoms with van der Waals surface area (Å²) in [5, 5.41) is 21.3. The standard InChI is InChI=1S/C31H30N3O3/c32-19-23-8-7-13-27(18-23)36-29-22-34(16-14-24(29)15-17-34)21-28-20-33-30(37-28)31(35,25-9-3-1-4-10-25)26-11-5-2-6-12-26/h1-13,18,20,24,29,35H,14-17,21-22H2/q+1/t24?,29-,34?/m0/s1. The zero-order valence-electron chi connectivity index (χ0n) is 20.7. The number of quaternary nitrogens is 1. The third-order valence-corrected chi connectivity index (χ3v) is 8.03. The maximum Gasteiger partial charge on any atom is 0.236 e. The van der Waals surface area contributed by atoms with Crippen LogP contribution in [-0.4, -0.2) is 40.3 Å². The van der Waals surface area contributed by atoms with E-state index in [9.17, 15) is 10.4 Å². The van der Waals surface area contributed by atoms with Crippen molar-refractivity contribution >= 4 is 0 Å². The lowest BCUT2D eigenvalue weighted by atomic mass is 9.83. The van der Waals surface area contributed by atoms with Gasteiger partial charge in [0.15, 0.2) is 17.5 Å². The Morgan fingerprint density at radius 3 is 2.30 bits per heavy atom. The lowest BCUT2D eigenvalue weighted by molar-refractivity contribution is -0.958. The van der Waals surface area contributed by atoms with Gasteiger partial charge in [-0.05, 0) is 29.3 Å². The number of aromatic nitrogens is 1. The molecule has 3 fully saturated rings. The first kappa shape index (κ1) is 23.5. The van der Waals surface area contributed by atoms with Crippen LogP contribution in [0.4, 0.5) is 0 Å². The quantitative estimate of drug-likeness (QED) is 0.367. The SMILES string of the molecule is N#Cc1cccc(O[C@H]2C[N+]3(Cc4cnc(C(O)(c5ccccc5)c5ccccc5)o4)CCC2CC3)c1. The van der Waals surface area contributed by atoms with Crippen LogP contribution in [0.15, 0.2) is 95.5 Å². The zero-order chi connectivity index (χ0) is 25.3. The van der Waals surface area contributed by atoms with Crippen molar-refractivity contribution in [1.82, 2.24) is 4.98 Å². The van der Waals surface area contributed by atoms with Crippen LogP contribution in [0.3, 0.4) is 0 Å². The molecule has 3 saturated heterocycles. The fourth-order valence-electron chi connectivity index (χ4n) is 6.04. The minimum Gasteiger partial charge on any atom is -0.484 e. The third kappa shape index (κ3) is 4.42. The van der Waals surface area contributed by atoms with Gasteiger partial charge in [-0.3, -0.25) is 0 Å². The summed E-state index contributed by atoms with van der Waals surface area (Å²) >= 11 is 0. The minimum atomic E-state index is -1.48. The van der Waals surface area contributed by atoms with E-state index < -0.39 is 5.60 Å². The van der Waals surface area contributed by atoms with E-state index in [1.807, 2.05) is 78.9 Å². The molecule has 0 unspecified atom stereocenters. The van der Waals surface area contributed by atoms with Gasteiger partial charge in [0.25, 0.3) is 0 Å². The van der Waals surface area contributed by atoms with E-state index in [0.717, 1.165) is 48.5 Å². The summed E-state index contributed by atoms with van der Waals surface area (Å²) < 4.78 is 13.6. The Kier molecular flexibility index (Phi) is 6.03. The lowest BCUT2D eigenvalue weighted by Gasteiger charge is -2.51. The summed E-state index contributed by atoms with van der Waals surface area (Å²) in [5.41, 5.74) is 0.565. The number of piperidine rings is 3. The first-order chi connectivity index (χ1) is 18.1. The predicted octanol–water partition coefficient (Wildman–Crippen LogP) is 5.02. The third-order valence-electron chi connectivity index (χ3n) is 8.03. The smallest absolute Gasteiger partial charge is 0.236 e. The molecule has 1 aromatic heterocycles. The van der Waals surface area contributed by atoms with E-state index in [1.165, 1.54) is 0 Å². The molecule has 37 heavy (non-hydrogen) atoms. The van der Waals surface area contributed by atoms with Gasteiger partial charge in [0.1, 0.15) is 18.8 Å². The van der Waals surface area contributed by atoms with Crippen LogP contribution in [0.5, 0.6) is 5.75 Å². The molecule has 3 aromatic carbocycles. The molecule has 0 amide bonds. The molecule has 4 heterocycles. The Morgan fingerprint density at radius 1 is 0.973 bits per heavy atom. The molecule has 1 atom stereocenters. The van der Waals surface area contributed by atoms with Gasteiger partial charge < -0.3 is 18.7 Å². The maximum atomic E-state index is 12.0. The number of ether oxygens (including phenoxy) is 1. The van der Waals surface area contributed by atoms with Crippen LogP contribution >= 0.6 is 0 Å².